The first-order valence-electron chi connectivity index (χ1n) is 3.83. The van der Waals surface area contributed by atoms with Crippen molar-refractivity contribution < 1.29 is 5.11 Å². The predicted molar refractivity (Wildman–Crippen MR) is 57.5 cm³/mol. The summed E-state index contributed by atoms with van der Waals surface area (Å²) < 4.78 is 0. The summed E-state index contributed by atoms with van der Waals surface area (Å²) in [6.07, 6.45) is 0.688. The molecule has 1 rings (SSSR count). The lowest BCUT2D eigenvalue weighted by atomic mass is 10.1. The maximum atomic E-state index is 8.70. The van der Waals surface area contributed by atoms with Crippen molar-refractivity contribution in [2.45, 2.75) is 12.5 Å². The third kappa shape index (κ3) is 4.48. The van der Waals surface area contributed by atoms with Gasteiger partial charge in [0.25, 0.3) is 0 Å². The molecule has 0 spiro atoms. The normalized spacial score (nSPS) is 11.9. The summed E-state index contributed by atoms with van der Waals surface area (Å²) in [6.45, 7) is 0.0165. The molecule has 0 aromatic heterocycles. The van der Waals surface area contributed by atoms with Crippen LogP contribution in [0.1, 0.15) is 5.56 Å². The standard InChI is InChI=1S/C9H12ClNO.ClH/c10-8-3-1-7(2-4-8)5-9(11)6-12;/h1-4,9,12H,5-6,11H2;1H/t9-;/m1./s1. The summed E-state index contributed by atoms with van der Waals surface area (Å²) in [7, 11) is 0. The van der Waals surface area contributed by atoms with Crippen LogP contribution < -0.4 is 5.73 Å². The molecule has 0 radical (unpaired) electrons. The first-order valence-corrected chi connectivity index (χ1v) is 4.21. The van der Waals surface area contributed by atoms with E-state index in [9.17, 15) is 0 Å². The zero-order valence-electron chi connectivity index (χ0n) is 7.11. The van der Waals surface area contributed by atoms with E-state index in [1.54, 1.807) is 0 Å². The number of aliphatic hydroxyl groups excluding tert-OH is 1. The van der Waals surface area contributed by atoms with E-state index in [1.807, 2.05) is 24.3 Å². The largest absolute Gasteiger partial charge is 0.395 e. The van der Waals surface area contributed by atoms with Crippen LogP contribution in [0.3, 0.4) is 0 Å². The summed E-state index contributed by atoms with van der Waals surface area (Å²) in [4.78, 5) is 0. The van der Waals surface area contributed by atoms with E-state index in [-0.39, 0.29) is 25.1 Å². The van der Waals surface area contributed by atoms with Gasteiger partial charge in [-0.2, -0.15) is 0 Å². The first kappa shape index (κ1) is 12.7. The second-order valence-electron chi connectivity index (χ2n) is 2.77. The third-order valence-corrected chi connectivity index (χ3v) is 1.90. The van der Waals surface area contributed by atoms with Crippen LogP contribution in [0.4, 0.5) is 0 Å². The molecule has 0 unspecified atom stereocenters. The van der Waals surface area contributed by atoms with Crippen molar-refractivity contribution in [3.05, 3.63) is 34.9 Å². The molecular formula is C9H13Cl2NO. The van der Waals surface area contributed by atoms with Gasteiger partial charge in [-0.1, -0.05) is 23.7 Å². The van der Waals surface area contributed by atoms with Crippen molar-refractivity contribution in [3.8, 4) is 0 Å². The highest BCUT2D eigenvalue weighted by Crippen LogP contribution is 2.10. The number of benzene rings is 1. The molecule has 3 N–H and O–H groups in total. The number of hydrogen-bond acceptors (Lipinski definition) is 2. The van der Waals surface area contributed by atoms with Crippen LogP contribution in [-0.4, -0.2) is 17.8 Å². The number of halogens is 2. The van der Waals surface area contributed by atoms with E-state index in [4.69, 9.17) is 22.4 Å². The van der Waals surface area contributed by atoms with Crippen molar-refractivity contribution >= 4 is 24.0 Å². The Morgan fingerprint density at radius 2 is 1.85 bits per heavy atom. The molecule has 0 aliphatic heterocycles. The lowest BCUT2D eigenvalue weighted by Crippen LogP contribution is -2.26. The molecule has 74 valence electrons. The predicted octanol–water partition coefficient (Wildman–Crippen LogP) is 1.62. The van der Waals surface area contributed by atoms with Gasteiger partial charge in [0.1, 0.15) is 0 Å². The van der Waals surface area contributed by atoms with Crippen LogP contribution in [0, 0.1) is 0 Å². The van der Waals surface area contributed by atoms with Crippen LogP contribution in [-0.2, 0) is 6.42 Å². The second kappa shape index (κ2) is 6.22. The highest BCUT2D eigenvalue weighted by Gasteiger charge is 2.01. The fourth-order valence-corrected chi connectivity index (χ4v) is 1.11. The number of aliphatic hydroxyl groups is 1. The van der Waals surface area contributed by atoms with Crippen LogP contribution in [0.15, 0.2) is 24.3 Å². The molecule has 0 fully saturated rings. The van der Waals surface area contributed by atoms with Gasteiger partial charge in [-0.25, -0.2) is 0 Å². The Morgan fingerprint density at radius 3 is 2.31 bits per heavy atom. The number of nitrogens with two attached hydrogens (primary N) is 1. The molecule has 0 aliphatic carbocycles. The van der Waals surface area contributed by atoms with Gasteiger partial charge >= 0.3 is 0 Å². The minimum absolute atomic E-state index is 0. The molecule has 0 saturated heterocycles. The van der Waals surface area contributed by atoms with Gasteiger partial charge < -0.3 is 10.8 Å². The summed E-state index contributed by atoms with van der Waals surface area (Å²) in [5.41, 5.74) is 6.66. The minimum Gasteiger partial charge on any atom is -0.395 e. The monoisotopic (exact) mass is 221 g/mol. The van der Waals surface area contributed by atoms with Crippen LogP contribution in [0.5, 0.6) is 0 Å². The average molecular weight is 222 g/mol. The molecule has 0 amide bonds. The number of rotatable bonds is 3. The van der Waals surface area contributed by atoms with Crippen LogP contribution >= 0.6 is 24.0 Å². The van der Waals surface area contributed by atoms with Crippen molar-refractivity contribution in [2.24, 2.45) is 5.73 Å². The van der Waals surface area contributed by atoms with Gasteiger partial charge in [-0.3, -0.25) is 0 Å². The Kier molecular flexibility index (Phi) is 6.08. The highest BCUT2D eigenvalue weighted by molar-refractivity contribution is 6.30. The van der Waals surface area contributed by atoms with Crippen molar-refractivity contribution in [3.63, 3.8) is 0 Å². The molecular weight excluding hydrogens is 209 g/mol. The lowest BCUT2D eigenvalue weighted by Gasteiger charge is -2.07. The van der Waals surface area contributed by atoms with Gasteiger partial charge in [-0.15, -0.1) is 12.4 Å². The van der Waals surface area contributed by atoms with Gasteiger partial charge in [-0.05, 0) is 24.1 Å². The molecule has 13 heavy (non-hydrogen) atoms. The molecule has 1 aromatic carbocycles. The zero-order valence-corrected chi connectivity index (χ0v) is 8.68. The zero-order chi connectivity index (χ0) is 8.97. The van der Waals surface area contributed by atoms with Gasteiger partial charge in [0.2, 0.25) is 0 Å². The maximum absolute atomic E-state index is 8.70. The van der Waals surface area contributed by atoms with E-state index in [2.05, 4.69) is 0 Å². The Labute approximate surface area is 89.1 Å². The fraction of sp³-hybridized carbons (Fsp3) is 0.333. The van der Waals surface area contributed by atoms with E-state index in [1.165, 1.54) is 0 Å². The van der Waals surface area contributed by atoms with E-state index >= 15 is 0 Å². The summed E-state index contributed by atoms with van der Waals surface area (Å²) in [5, 5.41) is 9.42. The molecule has 2 nitrogen and oxygen atoms in total. The van der Waals surface area contributed by atoms with Crippen molar-refractivity contribution in [1.82, 2.24) is 0 Å². The Balaban J connectivity index is 0.00000144. The second-order valence-corrected chi connectivity index (χ2v) is 3.21. The topological polar surface area (TPSA) is 46.2 Å². The average Bonchev–Trinajstić information content (AvgIpc) is 2.09. The molecule has 1 aromatic rings. The SMILES string of the molecule is Cl.N[C@@H](CO)Cc1ccc(Cl)cc1. The smallest absolute Gasteiger partial charge is 0.0585 e. The Bertz CT molecular complexity index is 238. The number of hydrogen-bond donors (Lipinski definition) is 2. The molecule has 0 bridgehead atoms. The molecule has 0 aliphatic rings. The van der Waals surface area contributed by atoms with Gasteiger partial charge in [0, 0.05) is 11.1 Å². The lowest BCUT2D eigenvalue weighted by molar-refractivity contribution is 0.265. The fourth-order valence-electron chi connectivity index (χ4n) is 0.988. The molecule has 1 atom stereocenters. The highest BCUT2D eigenvalue weighted by atomic mass is 35.5. The van der Waals surface area contributed by atoms with Gasteiger partial charge in [0.05, 0.1) is 6.61 Å². The maximum Gasteiger partial charge on any atom is 0.0585 e. The van der Waals surface area contributed by atoms with Gasteiger partial charge in [0.15, 0.2) is 0 Å². The van der Waals surface area contributed by atoms with Crippen molar-refractivity contribution in [1.29, 1.82) is 0 Å². The summed E-state index contributed by atoms with van der Waals surface area (Å²) in [6, 6.07) is 7.30. The molecule has 4 heteroatoms. The Morgan fingerprint density at radius 1 is 1.31 bits per heavy atom. The van der Waals surface area contributed by atoms with Crippen molar-refractivity contribution in [2.75, 3.05) is 6.61 Å². The molecule has 0 saturated carbocycles. The van der Waals surface area contributed by atoms with E-state index in [0.717, 1.165) is 10.6 Å². The first-order chi connectivity index (χ1) is 5.72. The quantitative estimate of drug-likeness (QED) is 0.816. The minimum atomic E-state index is -0.175. The third-order valence-electron chi connectivity index (χ3n) is 1.65. The van der Waals surface area contributed by atoms with Crippen LogP contribution in [0.25, 0.3) is 0 Å². The summed E-state index contributed by atoms with van der Waals surface area (Å²) in [5.74, 6) is 0. The summed E-state index contributed by atoms with van der Waals surface area (Å²) >= 11 is 5.70. The van der Waals surface area contributed by atoms with E-state index < -0.39 is 0 Å². The van der Waals surface area contributed by atoms with Crippen LogP contribution in [0.2, 0.25) is 5.02 Å². The molecule has 0 heterocycles. The van der Waals surface area contributed by atoms with E-state index in [0.29, 0.717) is 6.42 Å². The Hall–Kier alpha value is -0.280.